The Morgan fingerprint density at radius 3 is 2.46 bits per heavy atom. The molecule has 0 spiro atoms. The van der Waals surface area contributed by atoms with Crippen LogP contribution in [0.5, 0.6) is 0 Å². The van der Waals surface area contributed by atoms with Gasteiger partial charge in [-0.05, 0) is 38.5 Å². The number of benzene rings is 1. The monoisotopic (exact) mass is 395 g/mol. The number of hydrogen-bond donors (Lipinski definition) is 1. The maximum Gasteiger partial charge on any atom is 0.408 e. The number of esters is 1. The minimum absolute atomic E-state index is 0.0655. The smallest absolute Gasteiger partial charge is 0.408 e. The van der Waals surface area contributed by atoms with E-state index in [1.54, 1.807) is 20.8 Å². The SMILES string of the molecule is CC(C)(C)OC(=O)N[C@H]1CN(OCC(=O)OCc2ccc([N+](=O)[O-])cc2)C1=O. The number of nitrogens with one attached hydrogen (secondary N) is 1. The van der Waals surface area contributed by atoms with Crippen LogP contribution in [0.1, 0.15) is 26.3 Å². The predicted molar refractivity (Wildman–Crippen MR) is 93.7 cm³/mol. The lowest BCUT2D eigenvalue weighted by atomic mass is 10.1. The summed E-state index contributed by atoms with van der Waals surface area (Å²) < 4.78 is 10.0. The molecule has 28 heavy (non-hydrogen) atoms. The summed E-state index contributed by atoms with van der Waals surface area (Å²) in [7, 11) is 0. The van der Waals surface area contributed by atoms with Gasteiger partial charge in [-0.15, -0.1) is 0 Å². The second-order valence-corrected chi connectivity index (χ2v) is 6.96. The summed E-state index contributed by atoms with van der Waals surface area (Å²) in [5, 5.41) is 13.9. The van der Waals surface area contributed by atoms with Crippen LogP contribution in [-0.4, -0.2) is 52.8 Å². The normalized spacial score (nSPS) is 16.2. The summed E-state index contributed by atoms with van der Waals surface area (Å²) in [5.74, 6) is -1.22. The molecule has 1 aliphatic heterocycles. The molecule has 11 nitrogen and oxygen atoms in total. The predicted octanol–water partition coefficient (Wildman–Crippen LogP) is 1.31. The van der Waals surface area contributed by atoms with E-state index < -0.39 is 41.1 Å². The molecule has 1 fully saturated rings. The van der Waals surface area contributed by atoms with E-state index in [4.69, 9.17) is 14.3 Å². The summed E-state index contributed by atoms with van der Waals surface area (Å²) in [6.07, 6.45) is -0.715. The van der Waals surface area contributed by atoms with Crippen molar-refractivity contribution in [2.45, 2.75) is 39.0 Å². The van der Waals surface area contributed by atoms with Crippen molar-refractivity contribution in [3.05, 3.63) is 39.9 Å². The van der Waals surface area contributed by atoms with Gasteiger partial charge in [0.05, 0.1) is 11.5 Å². The fourth-order valence-corrected chi connectivity index (χ4v) is 2.12. The number of ether oxygens (including phenoxy) is 2. The first-order chi connectivity index (χ1) is 13.0. The number of nitro groups is 1. The van der Waals surface area contributed by atoms with Gasteiger partial charge in [-0.2, -0.15) is 0 Å². The van der Waals surface area contributed by atoms with Crippen LogP contribution in [0.4, 0.5) is 10.5 Å². The maximum atomic E-state index is 11.9. The minimum atomic E-state index is -0.772. The van der Waals surface area contributed by atoms with Gasteiger partial charge in [-0.1, -0.05) is 0 Å². The molecule has 0 unspecified atom stereocenters. The molecular formula is C17H21N3O8. The summed E-state index contributed by atoms with van der Waals surface area (Å²) >= 11 is 0. The number of β-lactam (4-membered cyclic amide) rings is 1. The van der Waals surface area contributed by atoms with Gasteiger partial charge in [0.15, 0.2) is 6.61 Å². The van der Waals surface area contributed by atoms with Crippen LogP contribution < -0.4 is 5.32 Å². The first-order valence-electron chi connectivity index (χ1n) is 8.38. The van der Waals surface area contributed by atoms with Gasteiger partial charge in [0.2, 0.25) is 0 Å². The molecule has 1 atom stereocenters. The molecule has 11 heteroatoms. The highest BCUT2D eigenvalue weighted by atomic mass is 16.7. The Bertz CT molecular complexity index is 757. The van der Waals surface area contributed by atoms with Crippen LogP contribution in [0.15, 0.2) is 24.3 Å². The summed E-state index contributed by atoms with van der Waals surface area (Å²) in [6.45, 7) is 4.61. The first-order valence-corrected chi connectivity index (χ1v) is 8.38. The molecule has 0 saturated carbocycles. The zero-order valence-electron chi connectivity index (χ0n) is 15.7. The van der Waals surface area contributed by atoms with Crippen LogP contribution in [0, 0.1) is 10.1 Å². The zero-order valence-corrected chi connectivity index (χ0v) is 15.7. The summed E-state index contributed by atoms with van der Waals surface area (Å²) in [6, 6.07) is 4.77. The fraction of sp³-hybridized carbons (Fsp3) is 0.471. The van der Waals surface area contributed by atoms with E-state index in [0.29, 0.717) is 5.56 Å². The Labute approximate surface area is 160 Å². The van der Waals surface area contributed by atoms with Crippen LogP contribution in [0.25, 0.3) is 0 Å². The fourth-order valence-electron chi connectivity index (χ4n) is 2.12. The van der Waals surface area contributed by atoms with Crippen molar-refractivity contribution < 1.29 is 33.6 Å². The third-order valence-electron chi connectivity index (χ3n) is 3.47. The van der Waals surface area contributed by atoms with E-state index in [1.807, 2.05) is 0 Å². The summed E-state index contributed by atoms with van der Waals surface area (Å²) in [4.78, 5) is 50.2. The van der Waals surface area contributed by atoms with Crippen LogP contribution in [0.2, 0.25) is 0 Å². The molecule has 1 aliphatic rings. The van der Waals surface area contributed by atoms with Crippen molar-refractivity contribution in [3.63, 3.8) is 0 Å². The molecule has 0 bridgehead atoms. The molecule has 1 aromatic carbocycles. The van der Waals surface area contributed by atoms with Crippen LogP contribution in [0.3, 0.4) is 0 Å². The highest BCUT2D eigenvalue weighted by molar-refractivity contribution is 5.90. The molecule has 2 amide bonds. The molecule has 2 rings (SSSR count). The number of hydroxylamine groups is 2. The number of amides is 2. The van der Waals surface area contributed by atoms with Gasteiger partial charge in [-0.25, -0.2) is 14.7 Å². The van der Waals surface area contributed by atoms with Gasteiger partial charge < -0.3 is 14.8 Å². The van der Waals surface area contributed by atoms with E-state index >= 15 is 0 Å². The number of alkyl carbamates (subject to hydrolysis) is 1. The molecule has 0 aliphatic carbocycles. The van der Waals surface area contributed by atoms with Crippen molar-refractivity contribution in [2.24, 2.45) is 0 Å². The number of hydrogen-bond acceptors (Lipinski definition) is 8. The Morgan fingerprint density at radius 1 is 1.29 bits per heavy atom. The van der Waals surface area contributed by atoms with E-state index in [9.17, 15) is 24.5 Å². The zero-order chi connectivity index (χ0) is 20.9. The van der Waals surface area contributed by atoms with Gasteiger partial charge in [0, 0.05) is 12.1 Å². The van der Waals surface area contributed by atoms with E-state index in [2.05, 4.69) is 5.32 Å². The number of carbonyl (C=O) groups is 3. The third-order valence-corrected chi connectivity index (χ3v) is 3.47. The van der Waals surface area contributed by atoms with E-state index in [1.165, 1.54) is 24.3 Å². The second kappa shape index (κ2) is 8.65. The van der Waals surface area contributed by atoms with E-state index in [0.717, 1.165) is 5.06 Å². The van der Waals surface area contributed by atoms with Crippen LogP contribution in [-0.2, 0) is 30.5 Å². The minimum Gasteiger partial charge on any atom is -0.459 e. The molecule has 1 N–H and O–H groups in total. The first kappa shape index (κ1) is 21.1. The topological polar surface area (TPSA) is 137 Å². The lowest BCUT2D eigenvalue weighted by Crippen LogP contribution is -2.64. The molecule has 0 radical (unpaired) electrons. The molecule has 152 valence electrons. The standard InChI is InChI=1S/C17H21N3O8/c1-17(2,3)28-16(23)18-13-8-19(15(13)22)27-10-14(21)26-9-11-4-6-12(7-5-11)20(24)25/h4-7,13H,8-10H2,1-3H3,(H,18,23)/t13-/m0/s1. The van der Waals surface area contributed by atoms with E-state index in [-0.39, 0.29) is 18.8 Å². The van der Waals surface area contributed by atoms with Gasteiger partial charge in [0.25, 0.3) is 11.6 Å². The number of carbonyl (C=O) groups excluding carboxylic acids is 3. The summed E-state index contributed by atoms with van der Waals surface area (Å²) in [5.41, 5.74) is -0.176. The molecule has 1 heterocycles. The average Bonchev–Trinajstić information content (AvgIpc) is 2.60. The van der Waals surface area contributed by atoms with Gasteiger partial charge in [-0.3, -0.25) is 19.7 Å². The number of rotatable bonds is 7. The largest absolute Gasteiger partial charge is 0.459 e. The van der Waals surface area contributed by atoms with Crippen molar-refractivity contribution in [3.8, 4) is 0 Å². The van der Waals surface area contributed by atoms with Crippen molar-refractivity contribution in [1.82, 2.24) is 10.4 Å². The lowest BCUT2D eigenvalue weighted by Gasteiger charge is -2.36. The van der Waals surface area contributed by atoms with Crippen molar-refractivity contribution in [2.75, 3.05) is 13.2 Å². The number of non-ortho nitro benzene ring substituents is 1. The molecule has 1 aromatic rings. The maximum absolute atomic E-state index is 11.9. The van der Waals surface area contributed by atoms with Gasteiger partial charge >= 0.3 is 12.1 Å². The van der Waals surface area contributed by atoms with Crippen LogP contribution >= 0.6 is 0 Å². The Balaban J connectivity index is 1.66. The Kier molecular flexibility index (Phi) is 6.52. The molecular weight excluding hydrogens is 374 g/mol. The average molecular weight is 395 g/mol. The van der Waals surface area contributed by atoms with Gasteiger partial charge in [0.1, 0.15) is 18.2 Å². The second-order valence-electron chi connectivity index (χ2n) is 6.96. The van der Waals surface area contributed by atoms with Crippen molar-refractivity contribution in [1.29, 1.82) is 0 Å². The quantitative estimate of drug-likeness (QED) is 0.316. The van der Waals surface area contributed by atoms with Crippen molar-refractivity contribution >= 4 is 23.7 Å². The highest BCUT2D eigenvalue weighted by Gasteiger charge is 2.40. The molecule has 1 saturated heterocycles. The number of nitrogens with zero attached hydrogens (tertiary/aromatic N) is 2. The Hall–Kier alpha value is -3.21. The Morgan fingerprint density at radius 2 is 1.93 bits per heavy atom. The lowest BCUT2D eigenvalue weighted by molar-refractivity contribution is -0.384. The third kappa shape index (κ3) is 6.20. The molecule has 0 aromatic heterocycles. The highest BCUT2D eigenvalue weighted by Crippen LogP contribution is 2.14. The number of nitro benzene ring substituents is 1.